The number of benzene rings is 1. The van der Waals surface area contributed by atoms with Gasteiger partial charge in [-0.1, -0.05) is 12.1 Å². The maximum atomic E-state index is 13.1. The summed E-state index contributed by atoms with van der Waals surface area (Å²) in [7, 11) is 4.14. The molecule has 6 nitrogen and oxygen atoms in total. The molecule has 3 heterocycles. The number of nitrogens with one attached hydrogen (secondary N) is 1. The second kappa shape index (κ2) is 9.29. The van der Waals surface area contributed by atoms with Crippen molar-refractivity contribution in [3.8, 4) is 0 Å². The molecule has 162 valence electrons. The number of rotatable bonds is 6. The number of likely N-dealkylation sites (N-methyl/N-ethyl adjacent to an activating group) is 1. The molecule has 2 aliphatic heterocycles. The molecule has 4 rings (SSSR count). The highest BCUT2D eigenvalue weighted by atomic mass is 19.1. The van der Waals surface area contributed by atoms with Gasteiger partial charge in [0.05, 0.1) is 0 Å². The summed E-state index contributed by atoms with van der Waals surface area (Å²) in [6.45, 7) is 8.43. The van der Waals surface area contributed by atoms with Gasteiger partial charge in [-0.25, -0.2) is 4.39 Å². The van der Waals surface area contributed by atoms with Gasteiger partial charge in [0.1, 0.15) is 11.5 Å². The fraction of sp³-hybridized carbons (Fsp3) is 0.522. The third-order valence-electron chi connectivity index (χ3n) is 6.37. The molecule has 0 unspecified atom stereocenters. The summed E-state index contributed by atoms with van der Waals surface area (Å²) < 4.78 is 15.2. The zero-order valence-corrected chi connectivity index (χ0v) is 18.0. The van der Waals surface area contributed by atoms with Crippen molar-refractivity contribution >= 4 is 5.91 Å². The molecule has 0 radical (unpaired) electrons. The van der Waals surface area contributed by atoms with E-state index < -0.39 is 0 Å². The average Bonchev–Trinajstić information content (AvgIpc) is 3.07. The van der Waals surface area contributed by atoms with Gasteiger partial charge in [-0.2, -0.15) is 0 Å². The lowest BCUT2D eigenvalue weighted by Gasteiger charge is -2.32. The minimum absolute atomic E-state index is 0.00566. The zero-order valence-electron chi connectivity index (χ0n) is 18.0. The topological polar surface area (TPSA) is 43.8 Å². The van der Waals surface area contributed by atoms with Crippen LogP contribution in [0.1, 0.15) is 27.3 Å². The highest BCUT2D eigenvalue weighted by Crippen LogP contribution is 2.24. The van der Waals surface area contributed by atoms with E-state index in [2.05, 4.69) is 31.6 Å². The van der Waals surface area contributed by atoms with Crippen LogP contribution >= 0.6 is 0 Å². The van der Waals surface area contributed by atoms with E-state index in [4.69, 9.17) is 0 Å². The summed E-state index contributed by atoms with van der Waals surface area (Å²) >= 11 is 0. The Bertz CT molecular complexity index is 870. The molecule has 1 fully saturated rings. The maximum absolute atomic E-state index is 13.1. The fourth-order valence-corrected chi connectivity index (χ4v) is 4.45. The summed E-state index contributed by atoms with van der Waals surface area (Å²) in [6, 6.07) is 8.75. The average molecular weight is 414 g/mol. The first-order valence-corrected chi connectivity index (χ1v) is 10.8. The molecule has 0 aliphatic carbocycles. The molecule has 1 saturated heterocycles. The van der Waals surface area contributed by atoms with Gasteiger partial charge in [0.2, 0.25) is 0 Å². The van der Waals surface area contributed by atoms with E-state index in [-0.39, 0.29) is 11.7 Å². The number of hydrogen-bond acceptors (Lipinski definition) is 4. The minimum atomic E-state index is -0.203. The van der Waals surface area contributed by atoms with Crippen LogP contribution in [0.3, 0.4) is 0 Å². The Morgan fingerprint density at radius 2 is 1.77 bits per heavy atom. The van der Waals surface area contributed by atoms with Crippen LogP contribution in [0, 0.1) is 5.82 Å². The second-order valence-corrected chi connectivity index (χ2v) is 8.55. The smallest absolute Gasteiger partial charge is 0.267 e. The van der Waals surface area contributed by atoms with Gasteiger partial charge in [0.25, 0.3) is 5.91 Å². The van der Waals surface area contributed by atoms with E-state index in [0.717, 1.165) is 70.0 Å². The van der Waals surface area contributed by atoms with Gasteiger partial charge in [-0.3, -0.25) is 14.6 Å². The molecule has 0 atom stereocenters. The third kappa shape index (κ3) is 4.91. The number of nitrogens with zero attached hydrogens (tertiary/aromatic N) is 4. The highest BCUT2D eigenvalue weighted by Gasteiger charge is 2.24. The van der Waals surface area contributed by atoms with E-state index in [1.54, 1.807) is 0 Å². The lowest BCUT2D eigenvalue weighted by molar-refractivity contribution is 0.0932. The molecular weight excluding hydrogens is 381 g/mol. The number of carbonyl (C=O) groups is 1. The molecule has 1 aromatic heterocycles. The standard InChI is InChI=1S/C23H32FN5O/c1-26-11-13-28(14-12-26)10-8-25-23(30)22-15-19-17-29(9-7-21(19)27(22)2)16-18-3-5-20(24)6-4-18/h3-6,15H,7-14,16-17H2,1-2H3,(H,25,30). The third-order valence-corrected chi connectivity index (χ3v) is 6.37. The van der Waals surface area contributed by atoms with Crippen LogP contribution in [0.4, 0.5) is 4.39 Å². The molecule has 2 aliphatic rings. The van der Waals surface area contributed by atoms with E-state index >= 15 is 0 Å². The quantitative estimate of drug-likeness (QED) is 0.783. The van der Waals surface area contributed by atoms with Crippen molar-refractivity contribution in [3.63, 3.8) is 0 Å². The maximum Gasteiger partial charge on any atom is 0.267 e. The molecule has 7 heteroatoms. The number of fused-ring (bicyclic) bond motifs is 1. The van der Waals surface area contributed by atoms with Crippen molar-refractivity contribution in [3.05, 3.63) is 58.7 Å². The summed E-state index contributed by atoms with van der Waals surface area (Å²) in [6.07, 6.45) is 0.918. The molecule has 0 bridgehead atoms. The highest BCUT2D eigenvalue weighted by molar-refractivity contribution is 5.93. The number of hydrogen-bond donors (Lipinski definition) is 1. The first kappa shape index (κ1) is 21.0. The fourth-order valence-electron chi connectivity index (χ4n) is 4.45. The van der Waals surface area contributed by atoms with Crippen molar-refractivity contribution in [1.82, 2.24) is 24.6 Å². The van der Waals surface area contributed by atoms with Crippen LogP contribution in [0.2, 0.25) is 0 Å². The first-order chi connectivity index (χ1) is 14.5. The van der Waals surface area contributed by atoms with Crippen molar-refractivity contribution < 1.29 is 9.18 Å². The minimum Gasteiger partial charge on any atom is -0.349 e. The van der Waals surface area contributed by atoms with E-state index in [1.165, 1.54) is 23.4 Å². The van der Waals surface area contributed by atoms with Crippen LogP contribution in [0.25, 0.3) is 0 Å². The lowest BCUT2D eigenvalue weighted by atomic mass is 10.1. The van der Waals surface area contributed by atoms with Crippen molar-refractivity contribution in [2.24, 2.45) is 7.05 Å². The number of piperazine rings is 1. The summed E-state index contributed by atoms with van der Waals surface area (Å²) in [4.78, 5) is 19.9. The predicted octanol–water partition coefficient (Wildman–Crippen LogP) is 1.70. The van der Waals surface area contributed by atoms with Crippen molar-refractivity contribution in [1.29, 1.82) is 0 Å². The number of amides is 1. The van der Waals surface area contributed by atoms with Crippen molar-refractivity contribution in [2.45, 2.75) is 19.5 Å². The number of halogens is 1. The largest absolute Gasteiger partial charge is 0.349 e. The van der Waals surface area contributed by atoms with Crippen LogP contribution in [0.5, 0.6) is 0 Å². The monoisotopic (exact) mass is 413 g/mol. The van der Waals surface area contributed by atoms with Crippen LogP contribution in [-0.2, 0) is 26.6 Å². The van der Waals surface area contributed by atoms with Gasteiger partial charge in [-0.05, 0) is 36.4 Å². The van der Waals surface area contributed by atoms with Crippen molar-refractivity contribution in [2.75, 3.05) is 52.9 Å². The molecule has 2 aromatic rings. The van der Waals surface area contributed by atoms with Gasteiger partial charge >= 0.3 is 0 Å². The number of aromatic nitrogens is 1. The van der Waals surface area contributed by atoms with E-state index in [0.29, 0.717) is 6.54 Å². The molecular formula is C23H32FN5O. The summed E-state index contributed by atoms with van der Waals surface area (Å²) in [5, 5.41) is 3.10. The van der Waals surface area contributed by atoms with Crippen LogP contribution in [0.15, 0.2) is 30.3 Å². The second-order valence-electron chi connectivity index (χ2n) is 8.55. The molecule has 0 saturated carbocycles. The SMILES string of the molecule is CN1CCN(CCNC(=O)c2cc3c(n2C)CCN(Cc2ccc(F)cc2)C3)CC1. The molecule has 0 spiro atoms. The van der Waals surface area contributed by atoms with Gasteiger partial charge in [-0.15, -0.1) is 0 Å². The van der Waals surface area contributed by atoms with Gasteiger partial charge in [0.15, 0.2) is 0 Å². The molecule has 1 N–H and O–H groups in total. The summed E-state index contributed by atoms with van der Waals surface area (Å²) in [5.41, 5.74) is 4.31. The summed E-state index contributed by atoms with van der Waals surface area (Å²) in [5.74, 6) is -0.197. The Kier molecular flexibility index (Phi) is 6.51. The lowest BCUT2D eigenvalue weighted by Crippen LogP contribution is -2.47. The van der Waals surface area contributed by atoms with Crippen LogP contribution in [-0.4, -0.2) is 78.0 Å². The Morgan fingerprint density at radius 1 is 1.03 bits per heavy atom. The normalized spacial score (nSPS) is 18.4. The predicted molar refractivity (Wildman–Crippen MR) is 116 cm³/mol. The van der Waals surface area contributed by atoms with Gasteiger partial charge in [0, 0.05) is 78.1 Å². The van der Waals surface area contributed by atoms with Crippen LogP contribution < -0.4 is 5.32 Å². The number of carbonyl (C=O) groups excluding carboxylic acids is 1. The zero-order chi connectivity index (χ0) is 21.1. The Labute approximate surface area is 178 Å². The van der Waals surface area contributed by atoms with E-state index in [9.17, 15) is 9.18 Å². The molecule has 30 heavy (non-hydrogen) atoms. The molecule has 1 amide bonds. The Morgan fingerprint density at radius 3 is 2.50 bits per heavy atom. The first-order valence-electron chi connectivity index (χ1n) is 10.8. The Balaban J connectivity index is 1.32. The van der Waals surface area contributed by atoms with E-state index in [1.807, 2.05) is 25.2 Å². The Hall–Kier alpha value is -2.22. The van der Waals surface area contributed by atoms with Gasteiger partial charge < -0.3 is 14.8 Å². The molecule has 1 aromatic carbocycles.